The van der Waals surface area contributed by atoms with E-state index >= 15 is 0 Å². The van der Waals surface area contributed by atoms with Crippen LogP contribution in [0.25, 0.3) is 0 Å². The van der Waals surface area contributed by atoms with Gasteiger partial charge in [-0.15, -0.1) is 11.3 Å². The summed E-state index contributed by atoms with van der Waals surface area (Å²) in [6.07, 6.45) is 3.82. The summed E-state index contributed by atoms with van der Waals surface area (Å²) >= 11 is 1.85. The Morgan fingerprint density at radius 3 is 2.45 bits per heavy atom. The normalized spacial score (nSPS) is 11.6. The van der Waals surface area contributed by atoms with Crippen LogP contribution in [0.5, 0.6) is 0 Å². The summed E-state index contributed by atoms with van der Waals surface area (Å²) in [5.74, 6) is 0.494. The Bertz CT molecular complexity index is 385. The third kappa shape index (κ3) is 5.41. The van der Waals surface area contributed by atoms with Crippen LogP contribution in [-0.4, -0.2) is 24.6 Å². The summed E-state index contributed by atoms with van der Waals surface area (Å²) in [4.78, 5) is 8.58. The summed E-state index contributed by atoms with van der Waals surface area (Å²) in [5.41, 5.74) is 1.26. The maximum atomic E-state index is 4.87. The fourth-order valence-corrected chi connectivity index (χ4v) is 3.24. The molecule has 116 valence electrons. The zero-order valence-corrected chi connectivity index (χ0v) is 14.8. The van der Waals surface area contributed by atoms with Crippen molar-refractivity contribution in [1.82, 2.24) is 10.3 Å². The number of rotatable bonds is 9. The summed E-state index contributed by atoms with van der Waals surface area (Å²) < 4.78 is 0. The van der Waals surface area contributed by atoms with Crippen molar-refractivity contribution in [3.05, 3.63) is 10.6 Å². The molecule has 0 bridgehead atoms. The minimum Gasteiger partial charge on any atom is -0.351 e. The highest BCUT2D eigenvalue weighted by atomic mass is 32.1. The Labute approximate surface area is 128 Å². The molecule has 0 unspecified atom stereocenters. The quantitative estimate of drug-likeness (QED) is 0.685. The number of thiazole rings is 1. The fraction of sp³-hybridized carbons (Fsp3) is 0.812. The van der Waals surface area contributed by atoms with Gasteiger partial charge in [-0.3, -0.25) is 0 Å². The molecule has 20 heavy (non-hydrogen) atoms. The SMILES string of the molecule is CCCCCN(C)c1nc(C(C)C)c(CNC(C)C)s1. The summed E-state index contributed by atoms with van der Waals surface area (Å²) in [5, 5.41) is 4.69. The molecule has 0 aliphatic rings. The Balaban J connectivity index is 2.74. The molecule has 0 spiro atoms. The molecule has 0 aliphatic heterocycles. The van der Waals surface area contributed by atoms with Crippen LogP contribution in [0.1, 0.15) is 70.4 Å². The second kappa shape index (κ2) is 8.63. The first-order valence-corrected chi connectivity index (χ1v) is 8.71. The van der Waals surface area contributed by atoms with Crippen LogP contribution >= 0.6 is 11.3 Å². The van der Waals surface area contributed by atoms with E-state index in [-0.39, 0.29) is 0 Å². The van der Waals surface area contributed by atoms with Gasteiger partial charge in [-0.1, -0.05) is 47.5 Å². The van der Waals surface area contributed by atoms with Crippen LogP contribution in [0.15, 0.2) is 0 Å². The third-order valence-corrected chi connectivity index (χ3v) is 4.54. The van der Waals surface area contributed by atoms with Gasteiger partial charge in [0.25, 0.3) is 0 Å². The fourth-order valence-electron chi connectivity index (χ4n) is 2.08. The van der Waals surface area contributed by atoms with E-state index in [1.54, 1.807) is 0 Å². The lowest BCUT2D eigenvalue weighted by Crippen LogP contribution is -2.22. The predicted molar refractivity (Wildman–Crippen MR) is 91.0 cm³/mol. The molecule has 0 saturated carbocycles. The van der Waals surface area contributed by atoms with Gasteiger partial charge in [0.15, 0.2) is 5.13 Å². The van der Waals surface area contributed by atoms with Crippen molar-refractivity contribution in [3.63, 3.8) is 0 Å². The first kappa shape index (κ1) is 17.4. The number of nitrogens with zero attached hydrogens (tertiary/aromatic N) is 2. The van der Waals surface area contributed by atoms with E-state index in [1.165, 1.54) is 35.0 Å². The van der Waals surface area contributed by atoms with Gasteiger partial charge in [0.1, 0.15) is 0 Å². The van der Waals surface area contributed by atoms with Gasteiger partial charge < -0.3 is 10.2 Å². The molecule has 0 aromatic carbocycles. The first-order chi connectivity index (χ1) is 9.45. The van der Waals surface area contributed by atoms with Gasteiger partial charge in [-0.05, 0) is 12.3 Å². The van der Waals surface area contributed by atoms with E-state index in [0.717, 1.165) is 13.1 Å². The average molecular weight is 298 g/mol. The maximum Gasteiger partial charge on any atom is 0.185 e. The molecule has 1 aromatic rings. The molecule has 0 atom stereocenters. The Morgan fingerprint density at radius 2 is 1.90 bits per heavy atom. The van der Waals surface area contributed by atoms with E-state index in [1.807, 2.05) is 11.3 Å². The number of anilines is 1. The zero-order valence-electron chi connectivity index (χ0n) is 14.0. The largest absolute Gasteiger partial charge is 0.351 e. The average Bonchev–Trinajstić information content (AvgIpc) is 2.80. The second-order valence-corrected chi connectivity index (χ2v) is 7.19. The van der Waals surface area contributed by atoms with E-state index in [0.29, 0.717) is 12.0 Å². The highest BCUT2D eigenvalue weighted by molar-refractivity contribution is 7.15. The minimum absolute atomic E-state index is 0.494. The van der Waals surface area contributed by atoms with Crippen LogP contribution in [0.4, 0.5) is 5.13 Å². The van der Waals surface area contributed by atoms with Gasteiger partial charge in [0.2, 0.25) is 0 Å². The maximum absolute atomic E-state index is 4.87. The lowest BCUT2D eigenvalue weighted by Gasteiger charge is -2.15. The molecule has 0 amide bonds. The topological polar surface area (TPSA) is 28.2 Å². The Hall–Kier alpha value is -0.610. The van der Waals surface area contributed by atoms with E-state index in [2.05, 4.69) is 51.9 Å². The highest BCUT2D eigenvalue weighted by Gasteiger charge is 2.16. The molecule has 0 saturated heterocycles. The Kier molecular flexibility index (Phi) is 7.52. The van der Waals surface area contributed by atoms with Crippen molar-refractivity contribution in [2.24, 2.45) is 0 Å². The van der Waals surface area contributed by atoms with E-state index in [4.69, 9.17) is 4.98 Å². The molecule has 1 N–H and O–H groups in total. The lowest BCUT2D eigenvalue weighted by molar-refractivity contribution is 0.588. The van der Waals surface area contributed by atoms with Crippen molar-refractivity contribution < 1.29 is 0 Å². The van der Waals surface area contributed by atoms with Gasteiger partial charge in [-0.25, -0.2) is 4.98 Å². The van der Waals surface area contributed by atoms with Gasteiger partial charge in [0, 0.05) is 31.1 Å². The van der Waals surface area contributed by atoms with E-state index in [9.17, 15) is 0 Å². The number of nitrogens with one attached hydrogen (secondary N) is 1. The van der Waals surface area contributed by atoms with Crippen molar-refractivity contribution in [2.75, 3.05) is 18.5 Å². The molecule has 0 fully saturated rings. The van der Waals surface area contributed by atoms with Crippen LogP contribution in [-0.2, 0) is 6.54 Å². The van der Waals surface area contributed by atoms with Crippen LogP contribution in [0.3, 0.4) is 0 Å². The minimum atomic E-state index is 0.494. The van der Waals surface area contributed by atoms with Gasteiger partial charge >= 0.3 is 0 Å². The molecule has 4 heteroatoms. The number of aromatic nitrogens is 1. The van der Waals surface area contributed by atoms with E-state index < -0.39 is 0 Å². The molecule has 1 aromatic heterocycles. The summed E-state index contributed by atoms with van der Waals surface area (Å²) in [7, 11) is 2.16. The lowest BCUT2D eigenvalue weighted by atomic mass is 10.1. The monoisotopic (exact) mass is 297 g/mol. The number of unbranched alkanes of at least 4 members (excludes halogenated alkanes) is 2. The van der Waals surface area contributed by atoms with Crippen molar-refractivity contribution in [1.29, 1.82) is 0 Å². The third-order valence-electron chi connectivity index (χ3n) is 3.36. The molecule has 1 rings (SSSR count). The highest BCUT2D eigenvalue weighted by Crippen LogP contribution is 2.30. The standard InChI is InChI=1S/C16H31N3S/c1-7-8-9-10-19(6)16-18-15(12(2)3)14(20-16)11-17-13(4)5/h12-13,17H,7-11H2,1-6H3. The second-order valence-electron chi connectivity index (χ2n) is 6.12. The van der Waals surface area contributed by atoms with Crippen LogP contribution in [0.2, 0.25) is 0 Å². The molecular formula is C16H31N3S. The molecule has 0 aliphatic carbocycles. The zero-order chi connectivity index (χ0) is 15.1. The smallest absolute Gasteiger partial charge is 0.185 e. The molecule has 3 nitrogen and oxygen atoms in total. The van der Waals surface area contributed by atoms with Crippen LogP contribution in [0, 0.1) is 0 Å². The summed E-state index contributed by atoms with van der Waals surface area (Å²) in [6, 6.07) is 0.517. The van der Waals surface area contributed by atoms with Crippen LogP contribution < -0.4 is 10.2 Å². The summed E-state index contributed by atoms with van der Waals surface area (Å²) in [6.45, 7) is 13.1. The number of hydrogen-bond donors (Lipinski definition) is 1. The molecular weight excluding hydrogens is 266 g/mol. The van der Waals surface area contributed by atoms with Crippen molar-refractivity contribution >= 4 is 16.5 Å². The van der Waals surface area contributed by atoms with Gasteiger partial charge in [-0.2, -0.15) is 0 Å². The predicted octanol–water partition coefficient (Wildman–Crippen LogP) is 4.39. The van der Waals surface area contributed by atoms with Gasteiger partial charge in [0.05, 0.1) is 5.69 Å². The molecule has 0 radical (unpaired) electrons. The van der Waals surface area contributed by atoms with Crippen molar-refractivity contribution in [3.8, 4) is 0 Å². The molecule has 1 heterocycles. The number of hydrogen-bond acceptors (Lipinski definition) is 4. The van der Waals surface area contributed by atoms with Crippen molar-refractivity contribution in [2.45, 2.75) is 72.4 Å². The Morgan fingerprint density at radius 1 is 1.20 bits per heavy atom. The first-order valence-electron chi connectivity index (χ1n) is 7.89.